The Balaban J connectivity index is 0. The highest BCUT2D eigenvalue weighted by molar-refractivity contribution is 5.82. The van der Waals surface area contributed by atoms with Crippen molar-refractivity contribution in [1.29, 1.82) is 5.41 Å². The highest BCUT2D eigenvalue weighted by Gasteiger charge is 1.94. The maximum absolute atomic E-state index is 7.27. The normalized spacial score (nSPS) is 12.8. The fourth-order valence-electron chi connectivity index (χ4n) is 0.948. The van der Waals surface area contributed by atoms with Gasteiger partial charge in [-0.1, -0.05) is 39.0 Å². The van der Waals surface area contributed by atoms with E-state index in [0.29, 0.717) is 0 Å². The van der Waals surface area contributed by atoms with Gasteiger partial charge in [0.05, 0.1) is 5.70 Å². The SMILES string of the molecule is CC.C\C=C/C(C=N)=C(\C=C/C)N=CCC. The van der Waals surface area contributed by atoms with Crippen molar-refractivity contribution in [3.8, 4) is 0 Å². The van der Waals surface area contributed by atoms with Crippen LogP contribution < -0.4 is 0 Å². The Labute approximate surface area is 100 Å². The Kier molecular flexibility index (Phi) is 14.4. The minimum Gasteiger partial charge on any atom is -0.308 e. The van der Waals surface area contributed by atoms with Crippen LogP contribution in [-0.4, -0.2) is 12.4 Å². The maximum Gasteiger partial charge on any atom is 0.0709 e. The van der Waals surface area contributed by atoms with Gasteiger partial charge < -0.3 is 5.41 Å². The molecule has 0 aliphatic carbocycles. The van der Waals surface area contributed by atoms with Crippen molar-refractivity contribution in [2.75, 3.05) is 0 Å². The highest BCUT2D eigenvalue weighted by Crippen LogP contribution is 2.07. The van der Waals surface area contributed by atoms with E-state index in [1.54, 1.807) is 0 Å². The lowest BCUT2D eigenvalue weighted by Gasteiger charge is -1.97. The van der Waals surface area contributed by atoms with Crippen molar-refractivity contribution in [3.05, 3.63) is 35.6 Å². The zero-order valence-electron chi connectivity index (χ0n) is 11.1. The predicted molar refractivity (Wildman–Crippen MR) is 75.6 cm³/mol. The van der Waals surface area contributed by atoms with Gasteiger partial charge in [0.15, 0.2) is 0 Å². The first-order valence-corrected chi connectivity index (χ1v) is 5.82. The van der Waals surface area contributed by atoms with Crippen molar-refractivity contribution in [2.45, 2.75) is 41.0 Å². The topological polar surface area (TPSA) is 36.2 Å². The first-order valence-electron chi connectivity index (χ1n) is 5.82. The molecule has 0 fully saturated rings. The monoisotopic (exact) mass is 220 g/mol. The summed E-state index contributed by atoms with van der Waals surface area (Å²) in [5, 5.41) is 7.27. The largest absolute Gasteiger partial charge is 0.308 e. The van der Waals surface area contributed by atoms with Crippen molar-refractivity contribution < 1.29 is 0 Å². The van der Waals surface area contributed by atoms with Crippen molar-refractivity contribution >= 4 is 12.4 Å². The van der Waals surface area contributed by atoms with Gasteiger partial charge in [0.25, 0.3) is 0 Å². The summed E-state index contributed by atoms with van der Waals surface area (Å²) in [7, 11) is 0. The molecule has 2 nitrogen and oxygen atoms in total. The Hall–Kier alpha value is -1.44. The van der Waals surface area contributed by atoms with E-state index in [1.165, 1.54) is 6.21 Å². The molecule has 0 aromatic rings. The Morgan fingerprint density at radius 2 is 1.69 bits per heavy atom. The van der Waals surface area contributed by atoms with Crippen LogP contribution in [0.1, 0.15) is 41.0 Å². The first kappa shape index (κ1) is 17.0. The third kappa shape index (κ3) is 7.92. The summed E-state index contributed by atoms with van der Waals surface area (Å²) in [6.07, 6.45) is 11.7. The van der Waals surface area contributed by atoms with Gasteiger partial charge in [-0.25, -0.2) is 0 Å². The number of allylic oxidation sites excluding steroid dienone is 5. The van der Waals surface area contributed by atoms with Gasteiger partial charge in [-0.05, 0) is 26.3 Å². The van der Waals surface area contributed by atoms with Gasteiger partial charge in [0.2, 0.25) is 0 Å². The molecular weight excluding hydrogens is 196 g/mol. The van der Waals surface area contributed by atoms with Crippen LogP contribution in [0, 0.1) is 5.41 Å². The van der Waals surface area contributed by atoms with E-state index in [-0.39, 0.29) is 0 Å². The van der Waals surface area contributed by atoms with Crippen molar-refractivity contribution in [2.24, 2.45) is 4.99 Å². The van der Waals surface area contributed by atoms with Crippen LogP contribution in [0.4, 0.5) is 0 Å². The molecule has 0 aliphatic rings. The summed E-state index contributed by atoms with van der Waals surface area (Å²) >= 11 is 0. The molecule has 0 saturated heterocycles. The Bertz CT molecular complexity index is 281. The zero-order chi connectivity index (χ0) is 12.8. The van der Waals surface area contributed by atoms with Crippen LogP contribution in [0.5, 0.6) is 0 Å². The molecule has 0 spiro atoms. The molecule has 0 bridgehead atoms. The van der Waals surface area contributed by atoms with E-state index in [1.807, 2.05) is 65.1 Å². The molecular formula is C14H24N2. The van der Waals surface area contributed by atoms with E-state index in [9.17, 15) is 0 Å². The molecule has 2 heteroatoms. The number of aliphatic imine (C=N–C) groups is 1. The first-order chi connectivity index (χ1) is 7.79. The number of hydrogen-bond acceptors (Lipinski definition) is 2. The molecule has 0 aromatic heterocycles. The summed E-state index contributed by atoms with van der Waals surface area (Å²) in [6, 6.07) is 0. The van der Waals surface area contributed by atoms with Crippen LogP contribution in [0.15, 0.2) is 40.6 Å². The van der Waals surface area contributed by atoms with Gasteiger partial charge in [0.1, 0.15) is 0 Å². The van der Waals surface area contributed by atoms with Gasteiger partial charge in [-0.15, -0.1) is 0 Å². The highest BCUT2D eigenvalue weighted by atomic mass is 14.7. The van der Waals surface area contributed by atoms with Gasteiger partial charge in [0, 0.05) is 18.0 Å². The van der Waals surface area contributed by atoms with Crippen molar-refractivity contribution in [3.63, 3.8) is 0 Å². The molecule has 90 valence electrons. The molecule has 0 saturated carbocycles. The second kappa shape index (κ2) is 13.6. The molecule has 0 radical (unpaired) electrons. The average Bonchev–Trinajstić information content (AvgIpc) is 2.34. The van der Waals surface area contributed by atoms with Crippen molar-refractivity contribution in [1.82, 2.24) is 0 Å². The van der Waals surface area contributed by atoms with Crippen LogP contribution in [0.3, 0.4) is 0 Å². The fourth-order valence-corrected chi connectivity index (χ4v) is 0.948. The van der Waals surface area contributed by atoms with Crippen LogP contribution in [0.2, 0.25) is 0 Å². The van der Waals surface area contributed by atoms with Gasteiger partial charge in [-0.3, -0.25) is 4.99 Å². The lowest BCUT2D eigenvalue weighted by molar-refractivity contribution is 1.28. The second-order valence-electron chi connectivity index (χ2n) is 2.70. The van der Waals surface area contributed by atoms with Gasteiger partial charge in [-0.2, -0.15) is 0 Å². The summed E-state index contributed by atoms with van der Waals surface area (Å²) in [4.78, 5) is 4.29. The summed E-state index contributed by atoms with van der Waals surface area (Å²) in [5.74, 6) is 0. The predicted octanol–water partition coefficient (Wildman–Crippen LogP) is 4.55. The molecule has 0 rings (SSSR count). The van der Waals surface area contributed by atoms with Crippen LogP contribution in [-0.2, 0) is 0 Å². The number of rotatable bonds is 5. The summed E-state index contributed by atoms with van der Waals surface area (Å²) in [5.41, 5.74) is 1.66. The summed E-state index contributed by atoms with van der Waals surface area (Å²) in [6.45, 7) is 9.91. The third-order valence-corrected chi connectivity index (χ3v) is 1.53. The Morgan fingerprint density at radius 3 is 2.06 bits per heavy atom. The van der Waals surface area contributed by atoms with E-state index in [2.05, 4.69) is 4.99 Å². The summed E-state index contributed by atoms with van der Waals surface area (Å²) < 4.78 is 0. The lowest BCUT2D eigenvalue weighted by atomic mass is 10.2. The molecule has 0 unspecified atom stereocenters. The smallest absolute Gasteiger partial charge is 0.0709 e. The van der Waals surface area contributed by atoms with E-state index >= 15 is 0 Å². The second-order valence-corrected chi connectivity index (χ2v) is 2.70. The number of hydrogen-bond donors (Lipinski definition) is 1. The molecule has 0 aromatic carbocycles. The Morgan fingerprint density at radius 1 is 1.12 bits per heavy atom. The van der Waals surface area contributed by atoms with Crippen LogP contribution in [0.25, 0.3) is 0 Å². The van der Waals surface area contributed by atoms with E-state index in [0.717, 1.165) is 17.7 Å². The molecule has 0 amide bonds. The quantitative estimate of drug-likeness (QED) is 0.521. The van der Waals surface area contributed by atoms with Gasteiger partial charge >= 0.3 is 0 Å². The number of nitrogens with zero attached hydrogens (tertiary/aromatic N) is 1. The minimum atomic E-state index is 0.829. The number of nitrogens with one attached hydrogen (secondary N) is 1. The average molecular weight is 220 g/mol. The maximum atomic E-state index is 7.27. The van der Waals surface area contributed by atoms with Crippen LogP contribution >= 0.6 is 0 Å². The zero-order valence-corrected chi connectivity index (χ0v) is 11.1. The molecule has 0 aliphatic heterocycles. The minimum absolute atomic E-state index is 0.829. The van der Waals surface area contributed by atoms with E-state index < -0.39 is 0 Å². The molecule has 0 heterocycles. The molecule has 0 atom stereocenters. The molecule has 1 N–H and O–H groups in total. The van der Waals surface area contributed by atoms with E-state index in [4.69, 9.17) is 5.41 Å². The standard InChI is InChI=1S/C12H18N2.C2H6/c1-4-7-11(10-13)12(8-5-2)14-9-6-3;1-2/h4-5,7-10,13H,6H2,1-3H3;1-2H3/b7-4-,8-5-,12-11-,13-10?,14-9?;. The third-order valence-electron chi connectivity index (χ3n) is 1.53. The molecule has 16 heavy (non-hydrogen) atoms. The lowest BCUT2D eigenvalue weighted by Crippen LogP contribution is -1.86. The fraction of sp³-hybridized carbons (Fsp3) is 0.429.